The minimum Gasteiger partial charge on any atom is -0.379 e. The Hall–Kier alpha value is -1.09. The summed E-state index contributed by atoms with van der Waals surface area (Å²) in [6.07, 6.45) is 6.84. The number of hydrogen-bond acceptors (Lipinski definition) is 2. The highest BCUT2D eigenvalue weighted by Crippen LogP contribution is 2.21. The first kappa shape index (κ1) is 12.4. The standard InChI is InChI=1S/C14H21NO2/c1-11(2)10-17-7-6-15-8-12-4-3-5-14(16)13(12)9-15/h8-9,11H,3-7,10H2,1-2H3. The monoisotopic (exact) mass is 235 g/mol. The number of ketones is 1. The average Bonchev–Trinajstić information content (AvgIpc) is 2.69. The normalized spacial score (nSPS) is 15.4. The Morgan fingerprint density at radius 3 is 2.88 bits per heavy atom. The van der Waals surface area contributed by atoms with Crippen molar-refractivity contribution >= 4 is 5.78 Å². The van der Waals surface area contributed by atoms with E-state index < -0.39 is 0 Å². The van der Waals surface area contributed by atoms with E-state index in [1.165, 1.54) is 5.56 Å². The van der Waals surface area contributed by atoms with Crippen LogP contribution in [0.25, 0.3) is 0 Å². The van der Waals surface area contributed by atoms with Gasteiger partial charge in [-0.15, -0.1) is 0 Å². The third-order valence-corrected chi connectivity index (χ3v) is 3.06. The lowest BCUT2D eigenvalue weighted by Gasteiger charge is -2.07. The average molecular weight is 235 g/mol. The van der Waals surface area contributed by atoms with Crippen LogP contribution in [0.15, 0.2) is 12.4 Å². The van der Waals surface area contributed by atoms with Crippen LogP contribution in [-0.2, 0) is 17.7 Å². The maximum absolute atomic E-state index is 11.7. The molecule has 0 saturated carbocycles. The van der Waals surface area contributed by atoms with Crippen molar-refractivity contribution in [3.05, 3.63) is 23.5 Å². The highest BCUT2D eigenvalue weighted by atomic mass is 16.5. The van der Waals surface area contributed by atoms with Gasteiger partial charge in [-0.2, -0.15) is 0 Å². The minimum absolute atomic E-state index is 0.299. The molecular formula is C14H21NO2. The molecular weight excluding hydrogens is 214 g/mol. The first-order chi connectivity index (χ1) is 8.16. The Labute approximate surface area is 103 Å². The van der Waals surface area contributed by atoms with Gasteiger partial charge in [-0.25, -0.2) is 0 Å². The molecule has 0 amide bonds. The summed E-state index contributed by atoms with van der Waals surface area (Å²) in [5.74, 6) is 0.877. The summed E-state index contributed by atoms with van der Waals surface area (Å²) in [5, 5.41) is 0. The molecule has 2 rings (SSSR count). The minimum atomic E-state index is 0.299. The number of aryl methyl sites for hydroxylation is 1. The maximum atomic E-state index is 11.7. The van der Waals surface area contributed by atoms with Gasteiger partial charge in [0.15, 0.2) is 5.78 Å². The van der Waals surface area contributed by atoms with Crippen molar-refractivity contribution in [2.75, 3.05) is 13.2 Å². The largest absolute Gasteiger partial charge is 0.379 e. The number of aromatic nitrogens is 1. The molecule has 0 aliphatic heterocycles. The quantitative estimate of drug-likeness (QED) is 0.735. The molecule has 0 bridgehead atoms. The zero-order chi connectivity index (χ0) is 12.3. The molecule has 1 heterocycles. The van der Waals surface area contributed by atoms with Crippen LogP contribution in [0.4, 0.5) is 0 Å². The zero-order valence-electron chi connectivity index (χ0n) is 10.7. The second-order valence-electron chi connectivity index (χ2n) is 5.18. The summed E-state index contributed by atoms with van der Waals surface area (Å²) in [6.45, 7) is 6.66. The summed E-state index contributed by atoms with van der Waals surface area (Å²) >= 11 is 0. The fourth-order valence-electron chi connectivity index (χ4n) is 2.20. The Kier molecular flexibility index (Phi) is 4.00. The second-order valence-corrected chi connectivity index (χ2v) is 5.18. The molecule has 0 aromatic carbocycles. The van der Waals surface area contributed by atoms with Gasteiger partial charge in [0.25, 0.3) is 0 Å². The van der Waals surface area contributed by atoms with Gasteiger partial charge in [-0.05, 0) is 24.3 Å². The van der Waals surface area contributed by atoms with Gasteiger partial charge in [0.2, 0.25) is 0 Å². The van der Waals surface area contributed by atoms with Gasteiger partial charge in [0.1, 0.15) is 0 Å². The highest BCUT2D eigenvalue weighted by molar-refractivity contribution is 5.98. The molecule has 0 spiro atoms. The van der Waals surface area contributed by atoms with Crippen molar-refractivity contribution in [3.63, 3.8) is 0 Å². The smallest absolute Gasteiger partial charge is 0.164 e. The summed E-state index contributed by atoms with van der Waals surface area (Å²) in [5.41, 5.74) is 2.14. The van der Waals surface area contributed by atoms with E-state index in [1.807, 2.05) is 6.20 Å². The van der Waals surface area contributed by atoms with Crippen molar-refractivity contribution < 1.29 is 9.53 Å². The molecule has 0 fully saturated rings. The molecule has 17 heavy (non-hydrogen) atoms. The molecule has 0 saturated heterocycles. The van der Waals surface area contributed by atoms with E-state index in [0.717, 1.165) is 38.2 Å². The van der Waals surface area contributed by atoms with E-state index in [4.69, 9.17) is 4.74 Å². The number of rotatable bonds is 5. The second kappa shape index (κ2) is 5.50. The predicted octanol–water partition coefficient (Wildman–Crippen LogP) is 2.68. The van der Waals surface area contributed by atoms with Crippen LogP contribution < -0.4 is 0 Å². The van der Waals surface area contributed by atoms with E-state index in [0.29, 0.717) is 18.1 Å². The molecule has 94 valence electrons. The molecule has 3 nitrogen and oxygen atoms in total. The van der Waals surface area contributed by atoms with E-state index in [1.54, 1.807) is 0 Å². The summed E-state index contributed by atoms with van der Waals surface area (Å²) in [4.78, 5) is 11.7. The number of fused-ring (bicyclic) bond motifs is 1. The van der Waals surface area contributed by atoms with Gasteiger partial charge in [-0.1, -0.05) is 13.8 Å². The Morgan fingerprint density at radius 2 is 2.18 bits per heavy atom. The fourth-order valence-corrected chi connectivity index (χ4v) is 2.20. The van der Waals surface area contributed by atoms with Crippen LogP contribution in [0.3, 0.4) is 0 Å². The van der Waals surface area contributed by atoms with E-state index >= 15 is 0 Å². The summed E-state index contributed by atoms with van der Waals surface area (Å²) < 4.78 is 7.64. The van der Waals surface area contributed by atoms with Crippen LogP contribution in [0.5, 0.6) is 0 Å². The number of Topliss-reactive ketones (excluding diaryl/α,β-unsaturated/α-hetero) is 1. The summed E-state index contributed by atoms with van der Waals surface area (Å²) in [6, 6.07) is 0. The van der Waals surface area contributed by atoms with Crippen LogP contribution in [0, 0.1) is 5.92 Å². The van der Waals surface area contributed by atoms with Crippen LogP contribution in [-0.4, -0.2) is 23.6 Å². The van der Waals surface area contributed by atoms with Crippen molar-refractivity contribution in [2.24, 2.45) is 5.92 Å². The molecule has 0 N–H and O–H groups in total. The van der Waals surface area contributed by atoms with Gasteiger partial charge < -0.3 is 9.30 Å². The number of ether oxygens (including phenoxy) is 1. The maximum Gasteiger partial charge on any atom is 0.164 e. The first-order valence-electron chi connectivity index (χ1n) is 6.46. The predicted molar refractivity (Wildman–Crippen MR) is 67.4 cm³/mol. The molecule has 1 aliphatic rings. The lowest BCUT2D eigenvalue weighted by atomic mass is 9.95. The molecule has 1 aromatic rings. The molecule has 1 aliphatic carbocycles. The van der Waals surface area contributed by atoms with Crippen LogP contribution >= 0.6 is 0 Å². The first-order valence-corrected chi connectivity index (χ1v) is 6.46. The van der Waals surface area contributed by atoms with Crippen molar-refractivity contribution in [1.82, 2.24) is 4.57 Å². The fraction of sp³-hybridized carbons (Fsp3) is 0.643. The van der Waals surface area contributed by atoms with E-state index in [9.17, 15) is 4.79 Å². The SMILES string of the molecule is CC(C)COCCn1cc2c(c1)C(=O)CCC2. The summed E-state index contributed by atoms with van der Waals surface area (Å²) in [7, 11) is 0. The van der Waals surface area contributed by atoms with Crippen LogP contribution in [0.1, 0.15) is 42.6 Å². The van der Waals surface area contributed by atoms with E-state index in [2.05, 4.69) is 24.6 Å². The van der Waals surface area contributed by atoms with Crippen LogP contribution in [0.2, 0.25) is 0 Å². The van der Waals surface area contributed by atoms with Crippen molar-refractivity contribution in [2.45, 2.75) is 39.7 Å². The van der Waals surface area contributed by atoms with E-state index in [-0.39, 0.29) is 0 Å². The van der Waals surface area contributed by atoms with Gasteiger partial charge in [-0.3, -0.25) is 4.79 Å². The topological polar surface area (TPSA) is 31.2 Å². The number of carbonyl (C=O) groups is 1. The Balaban J connectivity index is 1.88. The molecule has 0 unspecified atom stereocenters. The number of hydrogen-bond donors (Lipinski definition) is 0. The van der Waals surface area contributed by atoms with Gasteiger partial charge in [0, 0.05) is 37.5 Å². The van der Waals surface area contributed by atoms with Gasteiger partial charge in [0.05, 0.1) is 6.61 Å². The molecule has 0 radical (unpaired) electrons. The molecule has 1 aromatic heterocycles. The Bertz CT molecular complexity index is 393. The molecule has 3 heteroatoms. The van der Waals surface area contributed by atoms with Crippen molar-refractivity contribution in [1.29, 1.82) is 0 Å². The highest BCUT2D eigenvalue weighted by Gasteiger charge is 2.18. The van der Waals surface area contributed by atoms with Crippen molar-refractivity contribution in [3.8, 4) is 0 Å². The number of nitrogens with zero attached hydrogens (tertiary/aromatic N) is 1. The zero-order valence-corrected chi connectivity index (χ0v) is 10.7. The molecule has 0 atom stereocenters. The third kappa shape index (κ3) is 3.19. The lowest BCUT2D eigenvalue weighted by molar-refractivity contribution is 0.0971. The Morgan fingerprint density at radius 1 is 1.35 bits per heavy atom. The number of carbonyl (C=O) groups excluding carboxylic acids is 1. The lowest BCUT2D eigenvalue weighted by Crippen LogP contribution is -2.08. The third-order valence-electron chi connectivity index (χ3n) is 3.06. The van der Waals surface area contributed by atoms with Gasteiger partial charge >= 0.3 is 0 Å².